The highest BCUT2D eigenvalue weighted by Crippen LogP contribution is 2.19. The molecule has 0 spiro atoms. The van der Waals surface area contributed by atoms with E-state index in [1.807, 2.05) is 16.8 Å². The van der Waals surface area contributed by atoms with Crippen LogP contribution in [0.25, 0.3) is 11.0 Å². The fourth-order valence-electron chi connectivity index (χ4n) is 1.93. The molecule has 0 amide bonds. The molecule has 2 aromatic heterocycles. The van der Waals surface area contributed by atoms with Crippen molar-refractivity contribution in [2.75, 3.05) is 7.11 Å². The maximum absolute atomic E-state index is 5.20. The van der Waals surface area contributed by atoms with E-state index in [0.717, 1.165) is 12.2 Å². The Balaban J connectivity index is 2.32. The molecule has 0 aliphatic heterocycles. The molecule has 0 saturated carbocycles. The molecule has 4 nitrogen and oxygen atoms in total. The highest BCUT2D eigenvalue weighted by molar-refractivity contribution is 5.80. The van der Waals surface area contributed by atoms with E-state index in [2.05, 4.69) is 43.3 Å². The number of methoxy groups -OCH3 is 1. The first-order chi connectivity index (χ1) is 8.51. The van der Waals surface area contributed by atoms with Gasteiger partial charge in [-0.2, -0.15) is 0 Å². The first-order valence-electron chi connectivity index (χ1n) is 6.18. The van der Waals surface area contributed by atoms with Crippen molar-refractivity contribution in [2.45, 2.75) is 39.6 Å². The van der Waals surface area contributed by atoms with Gasteiger partial charge in [-0.15, -0.1) is 0 Å². The molecule has 18 heavy (non-hydrogen) atoms. The van der Waals surface area contributed by atoms with Crippen LogP contribution in [0.5, 0.6) is 0 Å². The van der Waals surface area contributed by atoms with Gasteiger partial charge in [0.05, 0.1) is 0 Å². The Kier molecular flexibility index (Phi) is 3.68. The zero-order valence-electron chi connectivity index (χ0n) is 11.5. The molecule has 0 saturated heterocycles. The molecule has 0 unspecified atom stereocenters. The Hall–Kier alpha value is -1.39. The van der Waals surface area contributed by atoms with E-state index in [-0.39, 0.29) is 5.54 Å². The number of ether oxygens (including phenoxy) is 1. The van der Waals surface area contributed by atoms with E-state index in [0.29, 0.717) is 6.73 Å². The summed E-state index contributed by atoms with van der Waals surface area (Å²) in [5.74, 6) is 0. The second-order valence-corrected chi connectivity index (χ2v) is 5.52. The van der Waals surface area contributed by atoms with E-state index in [1.165, 1.54) is 10.9 Å². The number of fused-ring (bicyclic) bond motifs is 1. The Morgan fingerprint density at radius 2 is 2.17 bits per heavy atom. The van der Waals surface area contributed by atoms with Gasteiger partial charge in [-0.1, -0.05) is 0 Å². The van der Waals surface area contributed by atoms with Crippen LogP contribution in [0.1, 0.15) is 26.3 Å². The molecule has 0 radical (unpaired) electrons. The molecule has 0 fully saturated rings. The fraction of sp³-hybridized carbons (Fsp3) is 0.500. The number of nitrogens with one attached hydrogen (secondary N) is 1. The summed E-state index contributed by atoms with van der Waals surface area (Å²) in [6.07, 6.45) is 3.93. The highest BCUT2D eigenvalue weighted by Gasteiger charge is 2.13. The molecule has 0 aliphatic rings. The lowest BCUT2D eigenvalue weighted by Gasteiger charge is -2.20. The number of rotatable bonds is 4. The quantitative estimate of drug-likeness (QED) is 0.902. The van der Waals surface area contributed by atoms with E-state index >= 15 is 0 Å². The topological polar surface area (TPSA) is 39.1 Å². The minimum atomic E-state index is 0.109. The van der Waals surface area contributed by atoms with Crippen molar-refractivity contribution in [3.8, 4) is 0 Å². The number of pyridine rings is 1. The monoisotopic (exact) mass is 247 g/mol. The van der Waals surface area contributed by atoms with Crippen LogP contribution in [0.2, 0.25) is 0 Å². The van der Waals surface area contributed by atoms with E-state index in [1.54, 1.807) is 7.11 Å². The summed E-state index contributed by atoms with van der Waals surface area (Å²) in [6.45, 7) is 7.87. The molecule has 4 heteroatoms. The number of hydrogen-bond donors (Lipinski definition) is 1. The largest absolute Gasteiger partial charge is 0.364 e. The van der Waals surface area contributed by atoms with Crippen molar-refractivity contribution in [3.63, 3.8) is 0 Å². The minimum absolute atomic E-state index is 0.109. The van der Waals surface area contributed by atoms with E-state index in [9.17, 15) is 0 Å². The third-order valence-electron chi connectivity index (χ3n) is 2.79. The lowest BCUT2D eigenvalue weighted by atomic mass is 10.1. The third-order valence-corrected chi connectivity index (χ3v) is 2.79. The van der Waals surface area contributed by atoms with Gasteiger partial charge in [0.25, 0.3) is 0 Å². The zero-order valence-corrected chi connectivity index (χ0v) is 11.5. The zero-order chi connectivity index (χ0) is 13.2. The fourth-order valence-corrected chi connectivity index (χ4v) is 1.93. The predicted octanol–water partition coefficient (Wildman–Crippen LogP) is 2.53. The van der Waals surface area contributed by atoms with Gasteiger partial charge in [-0.3, -0.25) is 0 Å². The van der Waals surface area contributed by atoms with Crippen LogP contribution in [0, 0.1) is 0 Å². The standard InChI is InChI=1S/C14H21N3O/c1-14(2,3)16-8-11-9-17(10-18-4)13-12(11)6-5-7-15-13/h5-7,9,16H,8,10H2,1-4H3. The number of hydrogen-bond acceptors (Lipinski definition) is 3. The van der Waals surface area contributed by atoms with Crippen molar-refractivity contribution in [3.05, 3.63) is 30.1 Å². The second kappa shape index (κ2) is 5.08. The van der Waals surface area contributed by atoms with Crippen LogP contribution in [0.15, 0.2) is 24.5 Å². The first-order valence-corrected chi connectivity index (χ1v) is 6.18. The summed E-state index contributed by atoms with van der Waals surface area (Å²) >= 11 is 0. The predicted molar refractivity (Wildman–Crippen MR) is 73.3 cm³/mol. The molecular weight excluding hydrogens is 226 g/mol. The average molecular weight is 247 g/mol. The molecule has 0 aromatic carbocycles. The third kappa shape index (κ3) is 2.89. The normalized spacial score (nSPS) is 12.2. The maximum Gasteiger partial charge on any atom is 0.142 e. The van der Waals surface area contributed by atoms with Gasteiger partial charge in [0, 0.05) is 37.0 Å². The van der Waals surface area contributed by atoms with Crippen molar-refractivity contribution >= 4 is 11.0 Å². The van der Waals surface area contributed by atoms with Crippen LogP contribution >= 0.6 is 0 Å². The maximum atomic E-state index is 5.20. The van der Waals surface area contributed by atoms with E-state index < -0.39 is 0 Å². The highest BCUT2D eigenvalue weighted by atomic mass is 16.5. The van der Waals surface area contributed by atoms with E-state index in [4.69, 9.17) is 4.74 Å². The van der Waals surface area contributed by atoms with Crippen molar-refractivity contribution in [1.82, 2.24) is 14.9 Å². The minimum Gasteiger partial charge on any atom is -0.364 e. The second-order valence-electron chi connectivity index (χ2n) is 5.52. The molecule has 0 atom stereocenters. The average Bonchev–Trinajstić information content (AvgIpc) is 2.65. The molecule has 1 N–H and O–H groups in total. The van der Waals surface area contributed by atoms with Gasteiger partial charge in [0.2, 0.25) is 0 Å². The lowest BCUT2D eigenvalue weighted by Crippen LogP contribution is -2.34. The van der Waals surface area contributed by atoms with Crippen molar-refractivity contribution in [1.29, 1.82) is 0 Å². The summed E-state index contributed by atoms with van der Waals surface area (Å²) in [6, 6.07) is 4.08. The summed E-state index contributed by atoms with van der Waals surface area (Å²) in [4.78, 5) is 4.42. The Morgan fingerprint density at radius 3 is 2.83 bits per heavy atom. The SMILES string of the molecule is COCn1cc(CNC(C)(C)C)c2cccnc21. The van der Waals surface area contributed by atoms with Crippen molar-refractivity contribution in [2.24, 2.45) is 0 Å². The summed E-state index contributed by atoms with van der Waals surface area (Å²) in [7, 11) is 1.70. The molecule has 2 rings (SSSR count). The smallest absolute Gasteiger partial charge is 0.142 e. The molecule has 2 heterocycles. The van der Waals surface area contributed by atoms with Gasteiger partial charge < -0.3 is 14.6 Å². The molecule has 0 aliphatic carbocycles. The Morgan fingerprint density at radius 1 is 1.39 bits per heavy atom. The first kappa shape index (κ1) is 13.1. The van der Waals surface area contributed by atoms with Gasteiger partial charge in [-0.05, 0) is 38.5 Å². The summed E-state index contributed by atoms with van der Waals surface area (Å²) in [5.41, 5.74) is 2.34. The van der Waals surface area contributed by atoms with Crippen molar-refractivity contribution < 1.29 is 4.74 Å². The van der Waals surface area contributed by atoms with Crippen LogP contribution in [-0.2, 0) is 18.0 Å². The molecule has 98 valence electrons. The van der Waals surface area contributed by atoms with Gasteiger partial charge >= 0.3 is 0 Å². The molecule has 0 bridgehead atoms. The summed E-state index contributed by atoms with van der Waals surface area (Å²) in [5, 5.41) is 4.69. The van der Waals surface area contributed by atoms with Gasteiger partial charge in [0.15, 0.2) is 0 Å². The lowest BCUT2D eigenvalue weighted by molar-refractivity contribution is 0.134. The van der Waals surface area contributed by atoms with Gasteiger partial charge in [0.1, 0.15) is 12.4 Å². The van der Waals surface area contributed by atoms with Crippen LogP contribution in [0.4, 0.5) is 0 Å². The Bertz CT molecular complexity index is 525. The van der Waals surface area contributed by atoms with Gasteiger partial charge in [-0.25, -0.2) is 4.98 Å². The van der Waals surface area contributed by atoms with Crippen LogP contribution < -0.4 is 5.32 Å². The molecule has 2 aromatic rings. The molecular formula is C14H21N3O. The number of aromatic nitrogens is 2. The number of nitrogens with zero attached hydrogens (tertiary/aromatic N) is 2. The summed E-state index contributed by atoms with van der Waals surface area (Å²) < 4.78 is 7.23. The van der Waals surface area contributed by atoms with Crippen LogP contribution in [-0.4, -0.2) is 22.2 Å². The van der Waals surface area contributed by atoms with Crippen LogP contribution in [0.3, 0.4) is 0 Å². The Labute approximate surface area is 108 Å².